The van der Waals surface area contributed by atoms with Crippen LogP contribution in [-0.2, 0) is 11.2 Å². The summed E-state index contributed by atoms with van der Waals surface area (Å²) < 4.78 is 6.76. The molecule has 5 aromatic rings. The minimum Gasteiger partial charge on any atom is -0.461 e. The van der Waals surface area contributed by atoms with Crippen molar-refractivity contribution in [3.05, 3.63) is 142 Å². The van der Waals surface area contributed by atoms with Gasteiger partial charge < -0.3 is 10.1 Å². The third-order valence-electron chi connectivity index (χ3n) is 6.56. The third kappa shape index (κ3) is 6.68. The number of amides is 1. The lowest BCUT2D eigenvalue weighted by Gasteiger charge is -2.20. The second kappa shape index (κ2) is 12.9. The molecule has 0 unspecified atom stereocenters. The Morgan fingerprint density at radius 1 is 0.878 bits per heavy atom. The maximum atomic E-state index is 13.4. The maximum Gasteiger partial charge on any atom is 0.358 e. The van der Waals surface area contributed by atoms with Gasteiger partial charge in [-0.15, -0.1) is 0 Å². The Kier molecular flexibility index (Phi) is 8.82. The van der Waals surface area contributed by atoms with Crippen molar-refractivity contribution in [1.82, 2.24) is 15.1 Å². The lowest BCUT2D eigenvalue weighted by Crippen LogP contribution is -2.30. The quantitative estimate of drug-likeness (QED) is 0.180. The first kappa shape index (κ1) is 28.1. The highest BCUT2D eigenvalue weighted by Crippen LogP contribution is 2.32. The zero-order chi connectivity index (χ0) is 28.8. The minimum absolute atomic E-state index is 0.140. The van der Waals surface area contributed by atoms with Crippen LogP contribution in [0.2, 0.25) is 10.0 Å². The van der Waals surface area contributed by atoms with Gasteiger partial charge in [0.1, 0.15) is 0 Å². The molecule has 8 heteroatoms. The number of esters is 1. The second-order valence-electron chi connectivity index (χ2n) is 9.34. The van der Waals surface area contributed by atoms with Crippen LogP contribution < -0.4 is 5.32 Å². The van der Waals surface area contributed by atoms with Gasteiger partial charge in [0.2, 0.25) is 0 Å². The predicted octanol–water partition coefficient (Wildman–Crippen LogP) is 7.74. The number of ether oxygens (including phenoxy) is 1. The zero-order valence-electron chi connectivity index (χ0n) is 22.3. The molecule has 5 rings (SSSR count). The Labute approximate surface area is 248 Å². The van der Waals surface area contributed by atoms with Crippen LogP contribution in [0.1, 0.15) is 44.9 Å². The number of carbonyl (C=O) groups excluding carboxylic acids is 2. The topological polar surface area (TPSA) is 73.2 Å². The van der Waals surface area contributed by atoms with Crippen molar-refractivity contribution in [1.29, 1.82) is 0 Å². The first-order valence-corrected chi connectivity index (χ1v) is 13.9. The van der Waals surface area contributed by atoms with Gasteiger partial charge in [-0.25, -0.2) is 9.48 Å². The number of aromatic nitrogens is 2. The lowest BCUT2D eigenvalue weighted by atomic mass is 9.98. The number of nitrogens with zero attached hydrogens (tertiary/aromatic N) is 2. The molecule has 1 aromatic heterocycles. The van der Waals surface area contributed by atoms with Gasteiger partial charge in [0.25, 0.3) is 5.91 Å². The molecule has 0 radical (unpaired) electrons. The fraction of sp³-hybridized carbons (Fsp3) is 0.121. The van der Waals surface area contributed by atoms with Crippen molar-refractivity contribution in [2.75, 3.05) is 6.61 Å². The van der Waals surface area contributed by atoms with E-state index in [1.807, 2.05) is 48.5 Å². The molecule has 0 saturated carbocycles. The maximum absolute atomic E-state index is 13.4. The fourth-order valence-corrected chi connectivity index (χ4v) is 5.06. The number of halogens is 2. The summed E-state index contributed by atoms with van der Waals surface area (Å²) in [5.74, 6) is -0.742. The molecule has 4 aromatic carbocycles. The smallest absolute Gasteiger partial charge is 0.358 e. The monoisotopic (exact) mass is 583 g/mol. The van der Waals surface area contributed by atoms with Crippen molar-refractivity contribution in [3.63, 3.8) is 0 Å². The van der Waals surface area contributed by atoms with Gasteiger partial charge in [0, 0.05) is 16.1 Å². The lowest BCUT2D eigenvalue weighted by molar-refractivity contribution is 0.0518. The van der Waals surface area contributed by atoms with Crippen LogP contribution in [-0.4, -0.2) is 28.3 Å². The van der Waals surface area contributed by atoms with Crippen LogP contribution in [0, 0.1) is 0 Å². The molecule has 0 bridgehead atoms. The molecule has 0 aliphatic carbocycles. The van der Waals surface area contributed by atoms with E-state index in [9.17, 15) is 9.59 Å². The van der Waals surface area contributed by atoms with Gasteiger partial charge in [0.15, 0.2) is 5.69 Å². The van der Waals surface area contributed by atoms with Crippen LogP contribution in [0.4, 0.5) is 0 Å². The van der Waals surface area contributed by atoms with Crippen molar-refractivity contribution in [3.8, 4) is 16.9 Å². The van der Waals surface area contributed by atoms with Gasteiger partial charge in [-0.3, -0.25) is 4.79 Å². The number of rotatable bonds is 9. The second-order valence-corrected chi connectivity index (χ2v) is 10.2. The van der Waals surface area contributed by atoms with E-state index in [4.69, 9.17) is 27.9 Å². The molecule has 6 nitrogen and oxygen atoms in total. The molecule has 0 saturated heterocycles. The van der Waals surface area contributed by atoms with Gasteiger partial charge in [-0.2, -0.15) is 5.10 Å². The normalized spacial score (nSPS) is 11.6. The fourth-order valence-electron chi connectivity index (χ4n) is 4.55. The number of benzene rings is 4. The SMILES string of the molecule is CCOC(=O)c1cc(-c2ccc(Cl)cc2Cl)n(-c2ccc(C(=O)N[C@H](Cc3ccccc3)c3ccccc3)cc2)n1. The standard InChI is InChI=1S/C33H27Cl2N3O3/c1-2-41-33(40)30-21-31(27-18-15-25(34)20-28(27)35)38(37-30)26-16-13-24(14-17-26)32(39)36-29(23-11-7-4-8-12-23)19-22-9-5-3-6-10-22/h3-18,20-21,29H,2,19H2,1H3,(H,36,39)/t29-/m1/s1. The molecule has 206 valence electrons. The highest BCUT2D eigenvalue weighted by atomic mass is 35.5. The van der Waals surface area contributed by atoms with Crippen LogP contribution in [0.3, 0.4) is 0 Å². The Balaban J connectivity index is 1.43. The van der Waals surface area contributed by atoms with Gasteiger partial charge >= 0.3 is 5.97 Å². The number of hydrogen-bond acceptors (Lipinski definition) is 4. The Bertz CT molecular complexity index is 1650. The highest BCUT2D eigenvalue weighted by molar-refractivity contribution is 6.36. The molecule has 1 N–H and O–H groups in total. The van der Waals surface area contributed by atoms with E-state index in [1.165, 1.54) is 0 Å². The van der Waals surface area contributed by atoms with E-state index in [1.54, 1.807) is 60.1 Å². The van der Waals surface area contributed by atoms with Crippen molar-refractivity contribution in [2.45, 2.75) is 19.4 Å². The minimum atomic E-state index is -0.543. The Hall–Kier alpha value is -4.39. The summed E-state index contributed by atoms with van der Waals surface area (Å²) in [4.78, 5) is 25.9. The molecule has 0 fully saturated rings. The summed E-state index contributed by atoms with van der Waals surface area (Å²) in [5, 5.41) is 8.59. The predicted molar refractivity (Wildman–Crippen MR) is 162 cm³/mol. The van der Waals surface area contributed by atoms with E-state index >= 15 is 0 Å². The number of nitrogens with one attached hydrogen (secondary N) is 1. The van der Waals surface area contributed by atoms with E-state index in [-0.39, 0.29) is 24.2 Å². The number of hydrogen-bond donors (Lipinski definition) is 1. The molecule has 0 aliphatic heterocycles. The average Bonchev–Trinajstić information content (AvgIpc) is 3.43. The molecule has 0 aliphatic rings. The van der Waals surface area contributed by atoms with E-state index in [0.717, 1.165) is 11.1 Å². The molecule has 41 heavy (non-hydrogen) atoms. The molecule has 1 atom stereocenters. The van der Waals surface area contributed by atoms with E-state index in [0.29, 0.717) is 39.0 Å². The summed E-state index contributed by atoms with van der Waals surface area (Å²) in [5.41, 5.74) is 4.65. The molecule has 1 amide bonds. The third-order valence-corrected chi connectivity index (χ3v) is 7.11. The van der Waals surface area contributed by atoms with E-state index in [2.05, 4.69) is 22.5 Å². The number of carbonyl (C=O) groups is 2. The van der Waals surface area contributed by atoms with Crippen molar-refractivity contribution < 1.29 is 14.3 Å². The molecular weight excluding hydrogens is 557 g/mol. The molecule has 1 heterocycles. The Morgan fingerprint density at radius 2 is 1.56 bits per heavy atom. The van der Waals surface area contributed by atoms with Crippen molar-refractivity contribution >= 4 is 35.1 Å². The summed E-state index contributed by atoms with van der Waals surface area (Å²) in [6, 6.07) is 33.5. The van der Waals surface area contributed by atoms with Crippen LogP contribution in [0.5, 0.6) is 0 Å². The highest BCUT2D eigenvalue weighted by Gasteiger charge is 2.21. The summed E-state index contributed by atoms with van der Waals surface area (Å²) >= 11 is 12.6. The largest absolute Gasteiger partial charge is 0.461 e. The van der Waals surface area contributed by atoms with Gasteiger partial charge in [0.05, 0.1) is 29.1 Å². The average molecular weight is 585 g/mol. The summed E-state index contributed by atoms with van der Waals surface area (Å²) in [6.07, 6.45) is 0.657. The van der Waals surface area contributed by atoms with Gasteiger partial charge in [-0.05, 0) is 73.0 Å². The first-order valence-electron chi connectivity index (χ1n) is 13.2. The van der Waals surface area contributed by atoms with Gasteiger partial charge in [-0.1, -0.05) is 83.9 Å². The van der Waals surface area contributed by atoms with Crippen LogP contribution >= 0.6 is 23.2 Å². The summed E-state index contributed by atoms with van der Waals surface area (Å²) in [6.45, 7) is 1.96. The van der Waals surface area contributed by atoms with Crippen molar-refractivity contribution in [2.24, 2.45) is 0 Å². The molecule has 0 spiro atoms. The van der Waals surface area contributed by atoms with Crippen LogP contribution in [0.25, 0.3) is 16.9 Å². The zero-order valence-corrected chi connectivity index (χ0v) is 23.8. The molecular formula is C33H27Cl2N3O3. The van der Waals surface area contributed by atoms with Crippen LogP contribution in [0.15, 0.2) is 109 Å². The first-order chi connectivity index (χ1) is 19.9. The van der Waals surface area contributed by atoms with E-state index < -0.39 is 5.97 Å². The Morgan fingerprint density at radius 3 is 2.22 bits per heavy atom. The summed E-state index contributed by atoms with van der Waals surface area (Å²) in [7, 11) is 0.